The maximum atomic E-state index is 11.4. The van der Waals surface area contributed by atoms with Gasteiger partial charge >= 0.3 is 0 Å². The minimum Gasteiger partial charge on any atom is -0.482 e. The number of hydrogen-bond donors (Lipinski definition) is 2. The Morgan fingerprint density at radius 1 is 1.48 bits per heavy atom. The highest BCUT2D eigenvalue weighted by Gasteiger charge is 2.19. The Bertz CT molecular complexity index is 518. The molecular formula is C15H20N2O2S2. The van der Waals surface area contributed by atoms with Crippen molar-refractivity contribution in [1.82, 2.24) is 5.32 Å². The van der Waals surface area contributed by atoms with E-state index in [-0.39, 0.29) is 18.6 Å². The summed E-state index contributed by atoms with van der Waals surface area (Å²) in [5.74, 6) is 4.44. The van der Waals surface area contributed by atoms with Gasteiger partial charge in [0.25, 0.3) is 5.91 Å². The van der Waals surface area contributed by atoms with Crippen molar-refractivity contribution in [2.24, 2.45) is 0 Å². The minimum absolute atomic E-state index is 0.0871. The van der Waals surface area contributed by atoms with Gasteiger partial charge in [-0.05, 0) is 24.6 Å². The molecule has 2 unspecified atom stereocenters. The number of hydrogen-bond acceptors (Lipinski definition) is 5. The summed E-state index contributed by atoms with van der Waals surface area (Å²) in [7, 11) is 0. The van der Waals surface area contributed by atoms with Crippen LogP contribution in [0, 0.1) is 0 Å². The number of thioether (sulfide) groups is 2. The largest absolute Gasteiger partial charge is 0.482 e. The van der Waals surface area contributed by atoms with Crippen molar-refractivity contribution in [2.45, 2.75) is 18.2 Å². The van der Waals surface area contributed by atoms with Gasteiger partial charge in [-0.1, -0.05) is 6.07 Å². The fourth-order valence-electron chi connectivity index (χ4n) is 2.45. The number of fused-ring (bicyclic) bond motifs is 1. The number of ether oxygens (including phenoxy) is 1. The molecule has 6 heteroatoms. The molecule has 1 aromatic carbocycles. The summed E-state index contributed by atoms with van der Waals surface area (Å²) in [4.78, 5) is 11.4. The van der Waals surface area contributed by atoms with Crippen molar-refractivity contribution < 1.29 is 9.53 Å². The Morgan fingerprint density at radius 3 is 3.19 bits per heavy atom. The highest BCUT2D eigenvalue weighted by atomic mass is 32.2. The first-order chi connectivity index (χ1) is 10.2. The van der Waals surface area contributed by atoms with E-state index in [0.29, 0.717) is 5.25 Å². The molecule has 2 heterocycles. The SMILES string of the molecule is CC(NCC1CSCCS1)c1ccc2c(c1)NC(=O)CO2. The van der Waals surface area contributed by atoms with Crippen molar-refractivity contribution >= 4 is 35.1 Å². The zero-order chi connectivity index (χ0) is 14.7. The molecule has 0 aromatic heterocycles. The van der Waals surface area contributed by atoms with Gasteiger partial charge in [-0.2, -0.15) is 23.5 Å². The quantitative estimate of drug-likeness (QED) is 0.891. The van der Waals surface area contributed by atoms with E-state index in [2.05, 4.69) is 35.4 Å². The highest BCUT2D eigenvalue weighted by Crippen LogP contribution is 2.31. The van der Waals surface area contributed by atoms with Gasteiger partial charge in [0.2, 0.25) is 0 Å². The molecule has 3 rings (SSSR count). The number of nitrogens with one attached hydrogen (secondary N) is 2. The van der Waals surface area contributed by atoms with Gasteiger partial charge in [-0.3, -0.25) is 4.79 Å². The van der Waals surface area contributed by atoms with Gasteiger partial charge in [-0.15, -0.1) is 0 Å². The molecule has 2 aliphatic heterocycles. The Labute approximate surface area is 133 Å². The molecule has 0 saturated carbocycles. The Kier molecular flexibility index (Phi) is 4.98. The van der Waals surface area contributed by atoms with Crippen LogP contribution in [-0.2, 0) is 4.79 Å². The number of carbonyl (C=O) groups excluding carboxylic acids is 1. The molecule has 2 aliphatic rings. The first kappa shape index (κ1) is 15.1. The number of anilines is 1. The summed E-state index contributed by atoms with van der Waals surface area (Å²) >= 11 is 4.11. The predicted octanol–water partition coefficient (Wildman–Crippen LogP) is 2.52. The second-order valence-corrected chi connectivity index (χ2v) is 7.85. The molecule has 114 valence electrons. The Morgan fingerprint density at radius 2 is 2.38 bits per heavy atom. The van der Waals surface area contributed by atoms with Crippen LogP contribution in [0.25, 0.3) is 0 Å². The van der Waals surface area contributed by atoms with Gasteiger partial charge in [0.1, 0.15) is 5.75 Å². The van der Waals surface area contributed by atoms with E-state index in [1.165, 1.54) is 22.8 Å². The van der Waals surface area contributed by atoms with E-state index >= 15 is 0 Å². The van der Waals surface area contributed by atoms with E-state index < -0.39 is 0 Å². The fraction of sp³-hybridized carbons (Fsp3) is 0.533. The van der Waals surface area contributed by atoms with E-state index in [1.807, 2.05) is 23.9 Å². The average molecular weight is 324 g/mol. The monoisotopic (exact) mass is 324 g/mol. The maximum absolute atomic E-state index is 11.4. The lowest BCUT2D eigenvalue weighted by Gasteiger charge is -2.24. The standard InChI is InChI=1S/C15H20N2O2S2/c1-10(16-7-12-9-20-4-5-21-12)11-2-3-14-13(6-11)17-15(18)8-19-14/h2-3,6,10,12,16H,4-5,7-9H2,1H3,(H,17,18). The van der Waals surface area contributed by atoms with Gasteiger partial charge in [-0.25, -0.2) is 0 Å². The summed E-state index contributed by atoms with van der Waals surface area (Å²) in [6, 6.07) is 6.28. The smallest absolute Gasteiger partial charge is 0.262 e. The van der Waals surface area contributed by atoms with Crippen LogP contribution in [0.1, 0.15) is 18.5 Å². The molecule has 1 saturated heterocycles. The molecule has 0 spiro atoms. The van der Waals surface area contributed by atoms with E-state index in [1.54, 1.807) is 0 Å². The zero-order valence-electron chi connectivity index (χ0n) is 12.1. The van der Waals surface area contributed by atoms with Crippen LogP contribution in [-0.4, -0.2) is 41.6 Å². The van der Waals surface area contributed by atoms with Gasteiger partial charge in [0.15, 0.2) is 6.61 Å². The van der Waals surface area contributed by atoms with Crippen LogP contribution >= 0.6 is 23.5 Å². The molecule has 0 aliphatic carbocycles. The van der Waals surface area contributed by atoms with Crippen molar-refractivity contribution in [3.63, 3.8) is 0 Å². The molecule has 0 bridgehead atoms. The minimum atomic E-state index is -0.0871. The first-order valence-electron chi connectivity index (χ1n) is 7.21. The van der Waals surface area contributed by atoms with Crippen LogP contribution in [0.4, 0.5) is 5.69 Å². The molecule has 2 N–H and O–H groups in total. The Balaban J connectivity index is 1.60. The van der Waals surface area contributed by atoms with Crippen LogP contribution in [0.5, 0.6) is 5.75 Å². The topological polar surface area (TPSA) is 50.4 Å². The second-order valence-electron chi connectivity index (χ2n) is 5.29. The molecule has 1 aromatic rings. The molecule has 2 atom stereocenters. The molecule has 21 heavy (non-hydrogen) atoms. The number of benzene rings is 1. The van der Waals surface area contributed by atoms with Crippen molar-refractivity contribution in [1.29, 1.82) is 0 Å². The number of rotatable bonds is 4. The summed E-state index contributed by atoms with van der Waals surface area (Å²) in [5.41, 5.74) is 1.95. The molecule has 0 radical (unpaired) electrons. The van der Waals surface area contributed by atoms with Crippen LogP contribution < -0.4 is 15.4 Å². The van der Waals surface area contributed by atoms with Crippen LogP contribution in [0.3, 0.4) is 0 Å². The third-order valence-electron chi connectivity index (χ3n) is 3.67. The second kappa shape index (κ2) is 6.94. The average Bonchev–Trinajstić information content (AvgIpc) is 2.53. The summed E-state index contributed by atoms with van der Waals surface area (Å²) in [6.07, 6.45) is 0. The predicted molar refractivity (Wildman–Crippen MR) is 90.6 cm³/mol. The summed E-state index contributed by atoms with van der Waals surface area (Å²) in [5, 5.41) is 7.16. The normalized spacial score (nSPS) is 22.9. The highest BCUT2D eigenvalue weighted by molar-refractivity contribution is 8.06. The molecule has 1 fully saturated rings. The molecule has 1 amide bonds. The first-order valence-corrected chi connectivity index (χ1v) is 9.42. The lowest BCUT2D eigenvalue weighted by atomic mass is 10.1. The molecular weight excluding hydrogens is 304 g/mol. The lowest BCUT2D eigenvalue weighted by Crippen LogP contribution is -2.31. The van der Waals surface area contributed by atoms with E-state index in [4.69, 9.17) is 4.74 Å². The molecule has 4 nitrogen and oxygen atoms in total. The number of amides is 1. The lowest BCUT2D eigenvalue weighted by molar-refractivity contribution is -0.118. The van der Waals surface area contributed by atoms with Crippen LogP contribution in [0.15, 0.2) is 18.2 Å². The summed E-state index contributed by atoms with van der Waals surface area (Å²) < 4.78 is 5.39. The summed E-state index contributed by atoms with van der Waals surface area (Å²) in [6.45, 7) is 3.30. The number of carbonyl (C=O) groups is 1. The van der Waals surface area contributed by atoms with Crippen molar-refractivity contribution in [3.8, 4) is 5.75 Å². The zero-order valence-corrected chi connectivity index (χ0v) is 13.7. The third kappa shape index (κ3) is 3.87. The van der Waals surface area contributed by atoms with Gasteiger partial charge < -0.3 is 15.4 Å². The van der Waals surface area contributed by atoms with Gasteiger partial charge in [0.05, 0.1) is 5.69 Å². The Hall–Kier alpha value is -0.850. The van der Waals surface area contributed by atoms with E-state index in [9.17, 15) is 4.79 Å². The van der Waals surface area contributed by atoms with E-state index in [0.717, 1.165) is 18.0 Å². The van der Waals surface area contributed by atoms with Crippen LogP contribution in [0.2, 0.25) is 0 Å². The maximum Gasteiger partial charge on any atom is 0.262 e. The fourth-order valence-corrected chi connectivity index (χ4v) is 5.08. The van der Waals surface area contributed by atoms with Crippen molar-refractivity contribution in [3.05, 3.63) is 23.8 Å². The third-order valence-corrected chi connectivity index (χ3v) is 6.52. The van der Waals surface area contributed by atoms with Gasteiger partial charge in [0, 0.05) is 35.1 Å². The van der Waals surface area contributed by atoms with Crippen molar-refractivity contribution in [2.75, 3.05) is 35.7 Å².